The highest BCUT2D eigenvalue weighted by atomic mass is 31.2. The van der Waals surface area contributed by atoms with E-state index in [1.54, 1.807) is 0 Å². The Morgan fingerprint density at radius 2 is 0.605 bits per heavy atom. The number of allylic oxidation sites excluding steroid dienone is 2. The monoisotopic (exact) mass is 1100 g/mol. The minimum absolute atomic E-state index is 0.173. The molecule has 0 aliphatic heterocycles. The molecule has 0 saturated carbocycles. The topological polar surface area (TPSA) is 155 Å². The van der Waals surface area contributed by atoms with E-state index in [0.717, 1.165) is 77.0 Å². The molecule has 0 spiro atoms. The molecule has 76 heavy (non-hydrogen) atoms. The van der Waals surface area contributed by atoms with Gasteiger partial charge in [-0.05, 0) is 44.9 Å². The minimum Gasteiger partial charge on any atom is -0.462 e. The van der Waals surface area contributed by atoms with Gasteiger partial charge in [0.15, 0.2) is 6.10 Å². The maximum absolute atomic E-state index is 12.9. The summed E-state index contributed by atoms with van der Waals surface area (Å²) < 4.78 is 39.7. The van der Waals surface area contributed by atoms with Crippen molar-refractivity contribution in [3.05, 3.63) is 12.2 Å². The summed E-state index contributed by atoms with van der Waals surface area (Å²) in [6.45, 7) is 4.71. The number of phosphoric acid groups is 1. The van der Waals surface area contributed by atoms with Crippen molar-refractivity contribution in [1.29, 1.82) is 0 Å². The number of carbonyl (C=O) groups is 3. The van der Waals surface area contributed by atoms with Gasteiger partial charge >= 0.3 is 25.7 Å². The Bertz CT molecular complexity index is 1330. The van der Waals surface area contributed by atoms with Gasteiger partial charge in [-0.2, -0.15) is 0 Å². The molecule has 2 N–H and O–H groups in total. The van der Waals surface area contributed by atoms with Crippen LogP contribution in [0.4, 0.5) is 0 Å². The van der Waals surface area contributed by atoms with E-state index in [1.165, 1.54) is 205 Å². The maximum Gasteiger partial charge on any atom is 0.472 e. The average Bonchev–Trinajstić information content (AvgIpc) is 3.41. The summed E-state index contributed by atoms with van der Waals surface area (Å²) in [6.07, 6.45) is 60.2. The van der Waals surface area contributed by atoms with Crippen LogP contribution in [0, 0.1) is 0 Å². The van der Waals surface area contributed by atoms with Crippen molar-refractivity contribution in [2.45, 2.75) is 354 Å². The largest absolute Gasteiger partial charge is 0.472 e. The molecule has 0 radical (unpaired) electrons. The Hall–Kier alpha value is -1.78. The third-order valence-electron chi connectivity index (χ3n) is 14.7. The second-order valence-corrected chi connectivity index (χ2v) is 23.8. The predicted molar refractivity (Wildman–Crippen MR) is 317 cm³/mol. The molecule has 0 fully saturated rings. The van der Waals surface area contributed by atoms with E-state index >= 15 is 0 Å². The van der Waals surface area contributed by atoms with E-state index in [-0.39, 0.29) is 25.9 Å². The molecule has 11 nitrogen and oxygen atoms in total. The van der Waals surface area contributed by atoms with Crippen molar-refractivity contribution in [3.63, 3.8) is 0 Å². The predicted octanol–water partition coefficient (Wildman–Crippen LogP) is 19.6. The van der Waals surface area contributed by atoms with Crippen LogP contribution in [0.25, 0.3) is 0 Å². The van der Waals surface area contributed by atoms with Crippen molar-refractivity contribution in [2.24, 2.45) is 0 Å². The summed E-state index contributed by atoms with van der Waals surface area (Å²) in [5, 5.41) is 9.83. The highest BCUT2D eigenvalue weighted by Gasteiger charge is 2.28. The zero-order valence-electron chi connectivity index (χ0n) is 50.0. The number of hydrogen-bond donors (Lipinski definition) is 2. The van der Waals surface area contributed by atoms with Crippen LogP contribution in [-0.4, -0.2) is 66.5 Å². The molecule has 3 atom stereocenters. The zero-order chi connectivity index (χ0) is 55.5. The van der Waals surface area contributed by atoms with Crippen LogP contribution in [0.1, 0.15) is 342 Å². The molecule has 0 amide bonds. The first-order chi connectivity index (χ1) is 37.2. The van der Waals surface area contributed by atoms with Gasteiger partial charge in [0.2, 0.25) is 0 Å². The summed E-state index contributed by atoms with van der Waals surface area (Å²) in [5.41, 5.74) is 0. The number of hydrogen-bond acceptors (Lipinski definition) is 10. The van der Waals surface area contributed by atoms with Crippen molar-refractivity contribution in [2.75, 3.05) is 26.4 Å². The molecular formula is C64H123O11P. The summed E-state index contributed by atoms with van der Waals surface area (Å²) in [4.78, 5) is 48.7. The fraction of sp³-hybridized carbons (Fsp3) is 0.922. The van der Waals surface area contributed by atoms with E-state index in [0.29, 0.717) is 19.3 Å². The number of rotatable bonds is 62. The van der Waals surface area contributed by atoms with Gasteiger partial charge in [0, 0.05) is 19.3 Å². The number of aliphatic hydroxyl groups is 1. The quantitative estimate of drug-likeness (QED) is 0.0197. The highest BCUT2D eigenvalue weighted by molar-refractivity contribution is 7.47. The van der Waals surface area contributed by atoms with Gasteiger partial charge in [-0.25, -0.2) is 4.57 Å². The second-order valence-electron chi connectivity index (χ2n) is 22.3. The molecule has 0 aromatic carbocycles. The van der Waals surface area contributed by atoms with Crippen LogP contribution in [-0.2, 0) is 42.2 Å². The molecule has 0 heterocycles. The van der Waals surface area contributed by atoms with Gasteiger partial charge in [0.25, 0.3) is 0 Å². The maximum atomic E-state index is 12.9. The van der Waals surface area contributed by atoms with Gasteiger partial charge in [-0.15, -0.1) is 0 Å². The van der Waals surface area contributed by atoms with E-state index < -0.39 is 57.8 Å². The molecule has 0 bridgehead atoms. The second kappa shape index (κ2) is 59.3. The Kier molecular flexibility index (Phi) is 58.0. The summed E-state index contributed by atoms with van der Waals surface area (Å²) in [7, 11) is -4.74. The molecule has 0 rings (SSSR count). The Morgan fingerprint density at radius 1 is 0.355 bits per heavy atom. The highest BCUT2D eigenvalue weighted by Crippen LogP contribution is 2.43. The number of carbonyl (C=O) groups excluding carboxylic acids is 3. The molecule has 450 valence electrons. The van der Waals surface area contributed by atoms with Crippen LogP contribution in [0.3, 0.4) is 0 Å². The third-order valence-corrected chi connectivity index (χ3v) is 15.6. The van der Waals surface area contributed by atoms with Gasteiger partial charge < -0.3 is 24.2 Å². The van der Waals surface area contributed by atoms with Crippen molar-refractivity contribution in [1.82, 2.24) is 0 Å². The van der Waals surface area contributed by atoms with Crippen molar-refractivity contribution < 1.29 is 52.2 Å². The normalized spacial score (nSPS) is 13.3. The SMILES string of the molecule is CCCCCC/C=C\CCCCCCCC(=O)OC(CO)COP(=O)(O)OCC(COC(=O)CCCCCCCCCCCCCCCCCCCCC)OC(=O)CCCCCCCCCCCCCCCCCCC. The number of esters is 3. The van der Waals surface area contributed by atoms with Crippen LogP contribution in [0.2, 0.25) is 0 Å². The third kappa shape index (κ3) is 56.9. The standard InChI is InChI=1S/C64H123O11P/c1-4-7-10-13-16-19-22-25-27-29-30-32-33-36-38-41-44-47-50-53-62(66)71-57-61(75-64(68)55-52-49-46-43-40-37-34-31-28-26-23-20-17-14-11-8-5-2)59-73-76(69,70)72-58-60(56-65)74-63(67)54-51-48-45-42-39-35-24-21-18-15-12-9-6-3/h21,24,60-61,65H,4-20,22-23,25-59H2,1-3H3,(H,69,70)/b24-21-. The van der Waals surface area contributed by atoms with Crippen LogP contribution < -0.4 is 0 Å². The van der Waals surface area contributed by atoms with E-state index in [9.17, 15) is 28.9 Å². The molecule has 0 saturated heterocycles. The van der Waals surface area contributed by atoms with Crippen molar-refractivity contribution >= 4 is 25.7 Å². The fourth-order valence-electron chi connectivity index (χ4n) is 9.71. The van der Waals surface area contributed by atoms with E-state index in [2.05, 4.69) is 32.9 Å². The average molecular weight is 1100 g/mol. The Balaban J connectivity index is 4.63. The number of unbranched alkanes of at least 4 members (excludes halogenated alkanes) is 43. The Morgan fingerprint density at radius 3 is 0.921 bits per heavy atom. The summed E-state index contributed by atoms with van der Waals surface area (Å²) in [6, 6.07) is 0. The number of ether oxygens (including phenoxy) is 3. The van der Waals surface area contributed by atoms with E-state index in [4.69, 9.17) is 23.3 Å². The van der Waals surface area contributed by atoms with Gasteiger partial charge in [-0.1, -0.05) is 290 Å². The van der Waals surface area contributed by atoms with Gasteiger partial charge in [0.1, 0.15) is 12.7 Å². The Labute approximate surface area is 468 Å². The lowest BCUT2D eigenvalue weighted by atomic mass is 10.0. The minimum atomic E-state index is -4.74. The van der Waals surface area contributed by atoms with E-state index in [1.807, 2.05) is 0 Å². The fourth-order valence-corrected chi connectivity index (χ4v) is 10.5. The summed E-state index contributed by atoms with van der Waals surface area (Å²) in [5.74, 6) is -1.43. The zero-order valence-corrected chi connectivity index (χ0v) is 50.9. The smallest absolute Gasteiger partial charge is 0.462 e. The molecule has 0 aromatic heterocycles. The number of aliphatic hydroxyl groups excluding tert-OH is 1. The molecule has 0 aromatic rings. The lowest BCUT2D eigenvalue weighted by Crippen LogP contribution is -2.30. The first-order valence-corrected chi connectivity index (χ1v) is 34.1. The lowest BCUT2D eigenvalue weighted by molar-refractivity contribution is -0.161. The van der Waals surface area contributed by atoms with Crippen LogP contribution in [0.5, 0.6) is 0 Å². The molecule has 0 aliphatic rings. The lowest BCUT2D eigenvalue weighted by Gasteiger charge is -2.21. The number of phosphoric ester groups is 1. The van der Waals surface area contributed by atoms with Crippen LogP contribution >= 0.6 is 7.82 Å². The molecular weight excluding hydrogens is 976 g/mol. The first-order valence-electron chi connectivity index (χ1n) is 32.6. The van der Waals surface area contributed by atoms with Gasteiger partial charge in [0.05, 0.1) is 19.8 Å². The molecule has 12 heteroatoms. The van der Waals surface area contributed by atoms with Crippen molar-refractivity contribution in [3.8, 4) is 0 Å². The van der Waals surface area contributed by atoms with Gasteiger partial charge in [-0.3, -0.25) is 23.4 Å². The summed E-state index contributed by atoms with van der Waals surface area (Å²) >= 11 is 0. The molecule has 3 unspecified atom stereocenters. The first kappa shape index (κ1) is 74.2. The van der Waals surface area contributed by atoms with Crippen LogP contribution in [0.15, 0.2) is 12.2 Å². The molecule has 0 aliphatic carbocycles.